The lowest BCUT2D eigenvalue weighted by Gasteiger charge is -2.17. The number of benzene rings is 3. The third kappa shape index (κ3) is 4.33. The quantitative estimate of drug-likeness (QED) is 0.266. The first-order valence-electron chi connectivity index (χ1n) is 11.4. The highest BCUT2D eigenvalue weighted by atomic mass is 16.5. The summed E-state index contributed by atoms with van der Waals surface area (Å²) in [5.41, 5.74) is 9.32. The Balaban J connectivity index is 1.65. The lowest BCUT2D eigenvalue weighted by Crippen LogP contribution is -2.29. The monoisotopic (exact) mass is 443 g/mol. The summed E-state index contributed by atoms with van der Waals surface area (Å²) in [6, 6.07) is 33.4. The lowest BCUT2D eigenvalue weighted by atomic mass is 9.90. The molecule has 5 rings (SSSR count). The molecule has 0 N–H and O–H groups in total. The molecule has 0 saturated carbocycles. The van der Waals surface area contributed by atoms with Gasteiger partial charge in [-0.1, -0.05) is 48.5 Å². The van der Waals surface area contributed by atoms with E-state index in [4.69, 9.17) is 4.74 Å². The van der Waals surface area contributed by atoms with Gasteiger partial charge in [0.15, 0.2) is 6.20 Å². The summed E-state index contributed by atoms with van der Waals surface area (Å²) in [4.78, 5) is 4.40. The summed E-state index contributed by atoms with van der Waals surface area (Å²) >= 11 is 0. The van der Waals surface area contributed by atoms with Crippen LogP contribution in [0.1, 0.15) is 11.1 Å². The molecular formula is C31H27N2O+. The maximum atomic E-state index is 6.37. The molecule has 0 aliphatic carbocycles. The predicted octanol–water partition coefficient (Wildman–Crippen LogP) is 7.32. The topological polar surface area (TPSA) is 26.0 Å². The Hall–Kier alpha value is -4.24. The van der Waals surface area contributed by atoms with Crippen LogP contribution in [0.3, 0.4) is 0 Å². The van der Waals surface area contributed by atoms with Crippen LogP contribution < -0.4 is 9.30 Å². The SMILES string of the molecule is Cc1cc(-c2ccccc2)cc(C)c1-c1ccc(-c2cccc[n+]2C)cc1Oc1ccccn1. The molecule has 0 bridgehead atoms. The van der Waals surface area contributed by atoms with Crippen molar-refractivity contribution in [3.05, 3.63) is 121 Å². The number of aryl methyl sites for hydroxylation is 3. The number of rotatable bonds is 5. The van der Waals surface area contributed by atoms with Crippen LogP contribution >= 0.6 is 0 Å². The lowest BCUT2D eigenvalue weighted by molar-refractivity contribution is -0.660. The third-order valence-corrected chi connectivity index (χ3v) is 6.09. The number of aromatic nitrogens is 2. The molecule has 0 saturated heterocycles. The van der Waals surface area contributed by atoms with Gasteiger partial charge in [-0.3, -0.25) is 0 Å². The molecular weight excluding hydrogens is 416 g/mol. The minimum atomic E-state index is 0.578. The normalized spacial score (nSPS) is 10.8. The maximum Gasteiger partial charge on any atom is 0.219 e. The van der Waals surface area contributed by atoms with E-state index in [1.54, 1.807) is 6.20 Å². The predicted molar refractivity (Wildman–Crippen MR) is 138 cm³/mol. The molecule has 0 amide bonds. The molecule has 3 heteroatoms. The van der Waals surface area contributed by atoms with Crippen molar-refractivity contribution in [2.75, 3.05) is 0 Å². The number of nitrogens with zero attached hydrogens (tertiary/aromatic N) is 2. The van der Waals surface area contributed by atoms with Crippen molar-refractivity contribution >= 4 is 0 Å². The molecule has 5 aromatic rings. The van der Waals surface area contributed by atoms with Crippen molar-refractivity contribution in [1.82, 2.24) is 4.98 Å². The van der Waals surface area contributed by atoms with Crippen LogP contribution in [0.2, 0.25) is 0 Å². The molecule has 3 nitrogen and oxygen atoms in total. The molecule has 34 heavy (non-hydrogen) atoms. The van der Waals surface area contributed by atoms with E-state index < -0.39 is 0 Å². The van der Waals surface area contributed by atoms with E-state index in [9.17, 15) is 0 Å². The smallest absolute Gasteiger partial charge is 0.219 e. The second-order valence-corrected chi connectivity index (χ2v) is 8.53. The summed E-state index contributed by atoms with van der Waals surface area (Å²) in [6.07, 6.45) is 3.81. The number of ether oxygens (including phenoxy) is 1. The van der Waals surface area contributed by atoms with Gasteiger partial charge in [-0.15, -0.1) is 0 Å². The van der Waals surface area contributed by atoms with Crippen molar-refractivity contribution in [1.29, 1.82) is 0 Å². The minimum Gasteiger partial charge on any atom is -0.438 e. The summed E-state index contributed by atoms with van der Waals surface area (Å²) in [6.45, 7) is 4.34. The highest BCUT2D eigenvalue weighted by molar-refractivity contribution is 5.82. The Labute approximate surface area is 201 Å². The Morgan fingerprint density at radius 2 is 1.41 bits per heavy atom. The second kappa shape index (κ2) is 9.32. The van der Waals surface area contributed by atoms with Crippen LogP contribution in [-0.4, -0.2) is 4.98 Å². The van der Waals surface area contributed by atoms with E-state index in [0.29, 0.717) is 5.88 Å². The van der Waals surface area contributed by atoms with Crippen molar-refractivity contribution in [2.45, 2.75) is 13.8 Å². The average molecular weight is 444 g/mol. The molecule has 0 radical (unpaired) electrons. The average Bonchev–Trinajstić information content (AvgIpc) is 2.86. The highest BCUT2D eigenvalue weighted by Gasteiger charge is 2.18. The van der Waals surface area contributed by atoms with Gasteiger partial charge in [0, 0.05) is 35.5 Å². The van der Waals surface area contributed by atoms with Crippen LogP contribution in [0.25, 0.3) is 33.5 Å². The molecule has 166 valence electrons. The first kappa shape index (κ1) is 21.6. The van der Waals surface area contributed by atoms with Gasteiger partial charge < -0.3 is 4.74 Å². The molecule has 0 aliphatic rings. The van der Waals surface area contributed by atoms with Gasteiger partial charge in [-0.25, -0.2) is 9.55 Å². The fourth-order valence-corrected chi connectivity index (χ4v) is 4.50. The van der Waals surface area contributed by atoms with Crippen LogP contribution in [0.4, 0.5) is 0 Å². The summed E-state index contributed by atoms with van der Waals surface area (Å²) in [5, 5.41) is 0. The largest absolute Gasteiger partial charge is 0.438 e. The number of hydrogen-bond acceptors (Lipinski definition) is 2. The van der Waals surface area contributed by atoms with Gasteiger partial charge in [0.1, 0.15) is 12.8 Å². The highest BCUT2D eigenvalue weighted by Crippen LogP contribution is 2.40. The Morgan fingerprint density at radius 1 is 0.676 bits per heavy atom. The van der Waals surface area contributed by atoms with Crippen molar-refractivity contribution in [2.24, 2.45) is 7.05 Å². The molecule has 0 unspecified atom stereocenters. The molecule has 2 aromatic heterocycles. The van der Waals surface area contributed by atoms with Gasteiger partial charge in [-0.2, -0.15) is 0 Å². The van der Waals surface area contributed by atoms with E-state index in [0.717, 1.165) is 22.6 Å². The fourth-order valence-electron chi connectivity index (χ4n) is 4.50. The first-order chi connectivity index (χ1) is 16.6. The van der Waals surface area contributed by atoms with E-state index in [1.165, 1.54) is 27.8 Å². The minimum absolute atomic E-state index is 0.578. The summed E-state index contributed by atoms with van der Waals surface area (Å²) in [7, 11) is 2.05. The maximum absolute atomic E-state index is 6.37. The zero-order chi connectivity index (χ0) is 23.5. The van der Waals surface area contributed by atoms with Gasteiger partial charge >= 0.3 is 0 Å². The third-order valence-electron chi connectivity index (χ3n) is 6.09. The summed E-state index contributed by atoms with van der Waals surface area (Å²) < 4.78 is 8.49. The Kier molecular flexibility index (Phi) is 5.92. The van der Waals surface area contributed by atoms with Crippen LogP contribution in [0.15, 0.2) is 109 Å². The van der Waals surface area contributed by atoms with Crippen molar-refractivity contribution in [3.63, 3.8) is 0 Å². The first-order valence-corrected chi connectivity index (χ1v) is 11.4. The van der Waals surface area contributed by atoms with Crippen molar-refractivity contribution in [3.8, 4) is 45.1 Å². The molecule has 2 heterocycles. The molecule has 0 aliphatic heterocycles. The van der Waals surface area contributed by atoms with E-state index in [-0.39, 0.29) is 0 Å². The van der Waals surface area contributed by atoms with Gasteiger partial charge in [0.25, 0.3) is 0 Å². The van der Waals surface area contributed by atoms with Crippen LogP contribution in [-0.2, 0) is 7.05 Å². The van der Waals surface area contributed by atoms with Gasteiger partial charge in [0.05, 0.1) is 0 Å². The van der Waals surface area contributed by atoms with E-state index in [1.807, 2.05) is 30.3 Å². The van der Waals surface area contributed by atoms with Gasteiger partial charge in [-0.05, 0) is 72.0 Å². The Bertz CT molecular complexity index is 1420. The molecule has 0 atom stereocenters. The van der Waals surface area contributed by atoms with Gasteiger partial charge in [0.2, 0.25) is 11.6 Å². The molecule has 0 spiro atoms. The molecule has 3 aromatic carbocycles. The second-order valence-electron chi connectivity index (χ2n) is 8.53. The summed E-state index contributed by atoms with van der Waals surface area (Å²) in [5.74, 6) is 1.37. The molecule has 0 fully saturated rings. The fraction of sp³-hybridized carbons (Fsp3) is 0.0968. The zero-order valence-corrected chi connectivity index (χ0v) is 19.7. The number of pyridine rings is 2. The van der Waals surface area contributed by atoms with E-state index in [2.05, 4.69) is 103 Å². The Morgan fingerprint density at radius 3 is 2.12 bits per heavy atom. The number of hydrogen-bond donors (Lipinski definition) is 0. The zero-order valence-electron chi connectivity index (χ0n) is 19.7. The van der Waals surface area contributed by atoms with Crippen molar-refractivity contribution < 1.29 is 9.30 Å². The van der Waals surface area contributed by atoms with E-state index >= 15 is 0 Å². The van der Waals surface area contributed by atoms with Crippen LogP contribution in [0.5, 0.6) is 11.6 Å². The standard InChI is InChI=1S/C31H27N2O/c1-22-19-26(24-11-5-4-6-12-24)20-23(2)31(22)27-16-15-25(28-13-8-10-18-33(28)3)21-29(27)34-30-14-7-9-17-32-30/h4-21H,1-3H3/q+1. The van der Waals surface area contributed by atoms with Crippen LogP contribution in [0, 0.1) is 13.8 Å².